The molecule has 1 aliphatic carbocycles. The van der Waals surface area contributed by atoms with E-state index in [1.807, 2.05) is 0 Å². The van der Waals surface area contributed by atoms with E-state index in [9.17, 15) is 4.79 Å². The third-order valence-electron chi connectivity index (χ3n) is 5.09. The van der Waals surface area contributed by atoms with Crippen LogP contribution < -0.4 is 0 Å². The third kappa shape index (κ3) is 3.48. The molecule has 0 spiro atoms. The summed E-state index contributed by atoms with van der Waals surface area (Å²) >= 11 is 0. The zero-order valence-electron chi connectivity index (χ0n) is 11.8. The number of carbonyl (C=O) groups is 1. The molecule has 1 N–H and O–H groups in total. The van der Waals surface area contributed by atoms with Gasteiger partial charge in [-0.2, -0.15) is 0 Å². The number of rotatable bonds is 5. The van der Waals surface area contributed by atoms with Gasteiger partial charge in [0.25, 0.3) is 0 Å². The minimum Gasteiger partial charge on any atom is -0.481 e. The molecule has 1 saturated carbocycles. The summed E-state index contributed by atoms with van der Waals surface area (Å²) in [4.78, 5) is 16.0. The van der Waals surface area contributed by atoms with Crippen LogP contribution in [-0.4, -0.2) is 59.1 Å². The molecule has 0 aromatic heterocycles. The van der Waals surface area contributed by atoms with Gasteiger partial charge in [-0.15, -0.1) is 0 Å². The maximum Gasteiger partial charge on any atom is 0.303 e. The second-order valence-corrected chi connectivity index (χ2v) is 6.60. The summed E-state index contributed by atoms with van der Waals surface area (Å²) in [5.41, 5.74) is 0. The zero-order valence-corrected chi connectivity index (χ0v) is 11.8. The number of hydrogen-bond acceptors (Lipinski definition) is 3. The first-order valence-corrected chi connectivity index (χ1v) is 7.92. The highest BCUT2D eigenvalue weighted by atomic mass is 16.4. The summed E-state index contributed by atoms with van der Waals surface area (Å²) in [6.45, 7) is 4.91. The van der Waals surface area contributed by atoms with Gasteiger partial charge in [0, 0.05) is 38.1 Å². The highest BCUT2D eigenvalue weighted by Gasteiger charge is 2.37. The highest BCUT2D eigenvalue weighted by molar-refractivity contribution is 5.66. The molecular weight excluding hydrogens is 240 g/mol. The molecule has 2 aliphatic heterocycles. The summed E-state index contributed by atoms with van der Waals surface area (Å²) in [5.74, 6) is -0.0299. The Hall–Kier alpha value is -0.610. The topological polar surface area (TPSA) is 43.8 Å². The van der Waals surface area contributed by atoms with Crippen LogP contribution in [0.15, 0.2) is 0 Å². The van der Waals surface area contributed by atoms with Gasteiger partial charge in [0.2, 0.25) is 0 Å². The van der Waals surface area contributed by atoms with Crippen LogP contribution in [0, 0.1) is 5.92 Å². The molecule has 3 fully saturated rings. The third-order valence-corrected chi connectivity index (χ3v) is 5.09. The van der Waals surface area contributed by atoms with E-state index < -0.39 is 5.97 Å². The molecule has 0 aromatic rings. The van der Waals surface area contributed by atoms with Gasteiger partial charge in [-0.05, 0) is 51.0 Å². The second-order valence-electron chi connectivity index (χ2n) is 6.60. The predicted molar refractivity (Wildman–Crippen MR) is 74.2 cm³/mol. The number of nitrogens with zero attached hydrogens (tertiary/aromatic N) is 2. The number of piperidine rings is 1. The van der Waals surface area contributed by atoms with Gasteiger partial charge < -0.3 is 5.11 Å². The van der Waals surface area contributed by atoms with E-state index in [0.717, 1.165) is 25.0 Å². The van der Waals surface area contributed by atoms with Crippen molar-refractivity contribution in [2.45, 2.75) is 57.0 Å². The van der Waals surface area contributed by atoms with E-state index in [1.54, 1.807) is 0 Å². The van der Waals surface area contributed by atoms with Gasteiger partial charge in [-0.3, -0.25) is 14.6 Å². The molecule has 0 radical (unpaired) electrons. The highest BCUT2D eigenvalue weighted by Crippen LogP contribution is 2.32. The first-order valence-electron chi connectivity index (χ1n) is 7.92. The van der Waals surface area contributed by atoms with E-state index >= 15 is 0 Å². The van der Waals surface area contributed by atoms with Gasteiger partial charge >= 0.3 is 5.97 Å². The van der Waals surface area contributed by atoms with E-state index in [4.69, 9.17) is 5.11 Å². The summed E-state index contributed by atoms with van der Waals surface area (Å²) in [5, 5.41) is 8.80. The van der Waals surface area contributed by atoms with Crippen molar-refractivity contribution in [2.24, 2.45) is 5.92 Å². The van der Waals surface area contributed by atoms with Crippen LogP contribution in [-0.2, 0) is 4.79 Å². The molecule has 2 saturated heterocycles. The maximum atomic E-state index is 10.7. The van der Waals surface area contributed by atoms with Gasteiger partial charge in [-0.1, -0.05) is 0 Å². The molecule has 0 bridgehead atoms. The summed E-state index contributed by atoms with van der Waals surface area (Å²) < 4.78 is 0. The van der Waals surface area contributed by atoms with Crippen LogP contribution in [0.3, 0.4) is 0 Å². The van der Waals surface area contributed by atoms with Crippen molar-refractivity contribution in [3.8, 4) is 0 Å². The predicted octanol–water partition coefficient (Wildman–Crippen LogP) is 1.80. The Labute approximate surface area is 115 Å². The Kier molecular flexibility index (Phi) is 4.08. The number of carboxylic acid groups (broad SMARTS) is 1. The van der Waals surface area contributed by atoms with Crippen LogP contribution in [0.5, 0.6) is 0 Å². The monoisotopic (exact) mass is 266 g/mol. The molecule has 3 aliphatic rings. The lowest BCUT2D eigenvalue weighted by molar-refractivity contribution is -0.137. The first-order chi connectivity index (χ1) is 9.22. The SMILES string of the molecule is O=C(O)CCC1CCCN(C2CCN(C3CC3)C2)C1. The fourth-order valence-corrected chi connectivity index (χ4v) is 3.83. The molecule has 2 heterocycles. The lowest BCUT2D eigenvalue weighted by Gasteiger charge is -2.36. The number of hydrogen-bond donors (Lipinski definition) is 1. The van der Waals surface area contributed by atoms with Gasteiger partial charge in [0.15, 0.2) is 0 Å². The van der Waals surface area contributed by atoms with Crippen molar-refractivity contribution in [3.05, 3.63) is 0 Å². The van der Waals surface area contributed by atoms with Crippen molar-refractivity contribution in [1.29, 1.82) is 0 Å². The molecule has 3 rings (SSSR count). The van der Waals surface area contributed by atoms with Crippen molar-refractivity contribution in [3.63, 3.8) is 0 Å². The Balaban J connectivity index is 1.46. The lowest BCUT2D eigenvalue weighted by Crippen LogP contribution is -2.44. The zero-order chi connectivity index (χ0) is 13.2. The molecule has 19 heavy (non-hydrogen) atoms. The number of likely N-dealkylation sites (tertiary alicyclic amines) is 2. The molecule has 4 heteroatoms. The van der Waals surface area contributed by atoms with Crippen LogP contribution >= 0.6 is 0 Å². The number of aliphatic carboxylic acids is 1. The largest absolute Gasteiger partial charge is 0.481 e. The summed E-state index contributed by atoms with van der Waals surface area (Å²) in [6, 6.07) is 1.64. The average Bonchev–Trinajstić information content (AvgIpc) is 3.14. The normalized spacial score (nSPS) is 33.7. The number of carboxylic acids is 1. The maximum absolute atomic E-state index is 10.7. The molecule has 4 nitrogen and oxygen atoms in total. The Morgan fingerprint density at radius 2 is 1.79 bits per heavy atom. The quantitative estimate of drug-likeness (QED) is 0.824. The van der Waals surface area contributed by atoms with Gasteiger partial charge in [0.05, 0.1) is 0 Å². The smallest absolute Gasteiger partial charge is 0.303 e. The van der Waals surface area contributed by atoms with Crippen LogP contribution in [0.2, 0.25) is 0 Å². The summed E-state index contributed by atoms with van der Waals surface area (Å²) in [7, 11) is 0. The van der Waals surface area contributed by atoms with Crippen LogP contribution in [0.1, 0.15) is 44.9 Å². The van der Waals surface area contributed by atoms with Crippen molar-refractivity contribution in [2.75, 3.05) is 26.2 Å². The van der Waals surface area contributed by atoms with Crippen molar-refractivity contribution >= 4 is 5.97 Å². The molecule has 0 aromatic carbocycles. The lowest BCUT2D eigenvalue weighted by atomic mass is 9.92. The van der Waals surface area contributed by atoms with Gasteiger partial charge in [0.1, 0.15) is 0 Å². The molecular formula is C15H26N2O2. The minimum absolute atomic E-state index is 0.345. The molecule has 2 unspecified atom stereocenters. The van der Waals surface area contributed by atoms with Crippen molar-refractivity contribution < 1.29 is 9.90 Å². The first kappa shape index (κ1) is 13.4. The average molecular weight is 266 g/mol. The van der Waals surface area contributed by atoms with Crippen LogP contribution in [0.4, 0.5) is 0 Å². The second kappa shape index (κ2) is 5.80. The van der Waals surface area contributed by atoms with Gasteiger partial charge in [-0.25, -0.2) is 0 Å². The van der Waals surface area contributed by atoms with E-state index in [1.165, 1.54) is 51.7 Å². The Bertz CT molecular complexity index is 330. The molecule has 108 valence electrons. The standard InChI is InChI=1S/C15H26N2O2/c18-15(19)6-3-12-2-1-8-16(10-12)14-7-9-17(11-14)13-4-5-13/h12-14H,1-11H2,(H,18,19). The Morgan fingerprint density at radius 1 is 1.00 bits per heavy atom. The Morgan fingerprint density at radius 3 is 2.53 bits per heavy atom. The van der Waals surface area contributed by atoms with E-state index in [0.29, 0.717) is 12.3 Å². The fourth-order valence-electron chi connectivity index (χ4n) is 3.83. The molecule has 2 atom stereocenters. The van der Waals surface area contributed by atoms with E-state index in [2.05, 4.69) is 9.80 Å². The summed E-state index contributed by atoms with van der Waals surface area (Å²) in [6.07, 6.45) is 7.83. The van der Waals surface area contributed by atoms with Crippen molar-refractivity contribution in [1.82, 2.24) is 9.80 Å². The fraction of sp³-hybridized carbons (Fsp3) is 0.933. The minimum atomic E-state index is -0.641. The van der Waals surface area contributed by atoms with E-state index in [-0.39, 0.29) is 0 Å². The van der Waals surface area contributed by atoms with Crippen LogP contribution in [0.25, 0.3) is 0 Å². The molecule has 0 amide bonds.